The van der Waals surface area contributed by atoms with Gasteiger partial charge in [-0.2, -0.15) is 5.26 Å². The van der Waals surface area contributed by atoms with Crippen molar-refractivity contribution in [3.63, 3.8) is 0 Å². The lowest BCUT2D eigenvalue weighted by molar-refractivity contribution is -0.136. The molecular weight excluding hydrogens is 220 g/mol. The van der Waals surface area contributed by atoms with Gasteiger partial charge in [-0.05, 0) is 32.1 Å². The first-order valence-corrected chi connectivity index (χ1v) is 6.09. The van der Waals surface area contributed by atoms with Crippen molar-refractivity contribution in [2.24, 2.45) is 5.41 Å². The maximum Gasteiger partial charge on any atom is 0.241 e. The number of amides is 1. The van der Waals surface area contributed by atoms with Gasteiger partial charge in [0.05, 0.1) is 18.2 Å². The Balaban J connectivity index is 2.05. The number of rotatable bonds is 3. The molecule has 2 aliphatic rings. The first kappa shape index (κ1) is 12.3. The van der Waals surface area contributed by atoms with Crippen LogP contribution in [0.5, 0.6) is 0 Å². The number of nitrogens with one attached hydrogen (secondary N) is 1. The monoisotopic (exact) mass is 238 g/mol. The van der Waals surface area contributed by atoms with E-state index in [9.17, 15) is 15.2 Å². The van der Waals surface area contributed by atoms with Crippen molar-refractivity contribution < 1.29 is 14.6 Å². The summed E-state index contributed by atoms with van der Waals surface area (Å²) >= 11 is 0. The standard InChI is InChI=1S/C12H18N2O3/c13-8-11(4-6-17-7-5-11)10(16)14-12(9-15)2-1-3-12/h15H,1-7,9H2,(H,14,16). The number of hydrogen-bond donors (Lipinski definition) is 2. The average Bonchev–Trinajstić information content (AvgIpc) is 2.34. The van der Waals surface area contributed by atoms with Crippen molar-refractivity contribution in [3.05, 3.63) is 0 Å². The fourth-order valence-electron chi connectivity index (χ4n) is 2.40. The normalized spacial score (nSPS) is 25.4. The van der Waals surface area contributed by atoms with Gasteiger partial charge in [0.15, 0.2) is 0 Å². The molecule has 1 saturated heterocycles. The highest BCUT2D eigenvalue weighted by Crippen LogP contribution is 2.35. The maximum atomic E-state index is 12.2. The number of ether oxygens (including phenoxy) is 1. The van der Waals surface area contributed by atoms with E-state index < -0.39 is 11.0 Å². The second-order valence-electron chi connectivity index (χ2n) is 5.05. The van der Waals surface area contributed by atoms with Crippen LogP contribution in [0, 0.1) is 16.7 Å². The summed E-state index contributed by atoms with van der Waals surface area (Å²) in [7, 11) is 0. The topological polar surface area (TPSA) is 82.4 Å². The number of aliphatic hydroxyl groups excluding tert-OH is 1. The van der Waals surface area contributed by atoms with Crippen molar-refractivity contribution in [2.75, 3.05) is 19.8 Å². The molecule has 5 nitrogen and oxygen atoms in total. The van der Waals surface area contributed by atoms with Crippen LogP contribution in [0.1, 0.15) is 32.1 Å². The molecule has 1 aliphatic carbocycles. The number of hydrogen-bond acceptors (Lipinski definition) is 4. The lowest BCUT2D eigenvalue weighted by atomic mass is 9.74. The summed E-state index contributed by atoms with van der Waals surface area (Å²) in [5, 5.41) is 21.4. The SMILES string of the molecule is N#CC1(C(=O)NC2(CO)CCC2)CCOCC1. The summed E-state index contributed by atoms with van der Waals surface area (Å²) in [6, 6.07) is 2.14. The molecule has 0 aromatic rings. The lowest BCUT2D eigenvalue weighted by Gasteiger charge is -2.43. The molecule has 1 heterocycles. The van der Waals surface area contributed by atoms with Gasteiger partial charge in [-0.3, -0.25) is 4.79 Å². The van der Waals surface area contributed by atoms with E-state index in [-0.39, 0.29) is 12.5 Å². The molecule has 0 atom stereocenters. The molecule has 1 amide bonds. The van der Waals surface area contributed by atoms with Crippen LogP contribution in [-0.2, 0) is 9.53 Å². The van der Waals surface area contributed by atoms with Crippen molar-refractivity contribution in [2.45, 2.75) is 37.6 Å². The van der Waals surface area contributed by atoms with Crippen molar-refractivity contribution in [3.8, 4) is 6.07 Å². The molecule has 0 bridgehead atoms. The Morgan fingerprint density at radius 3 is 2.41 bits per heavy atom. The van der Waals surface area contributed by atoms with Gasteiger partial charge in [-0.15, -0.1) is 0 Å². The predicted octanol–water partition coefficient (Wildman–Crippen LogP) is 0.338. The molecule has 0 aromatic heterocycles. The zero-order chi connectivity index (χ0) is 12.4. The largest absolute Gasteiger partial charge is 0.394 e. The van der Waals surface area contributed by atoms with E-state index in [1.165, 1.54) is 0 Å². The Labute approximate surface area is 101 Å². The Bertz CT molecular complexity index is 333. The fourth-order valence-corrected chi connectivity index (χ4v) is 2.40. The molecule has 1 saturated carbocycles. The number of aliphatic hydroxyl groups is 1. The van der Waals surface area contributed by atoms with Gasteiger partial charge < -0.3 is 15.2 Å². The Morgan fingerprint density at radius 1 is 1.35 bits per heavy atom. The minimum atomic E-state index is -0.962. The van der Waals surface area contributed by atoms with Gasteiger partial charge in [-0.1, -0.05) is 0 Å². The van der Waals surface area contributed by atoms with Crippen molar-refractivity contribution in [1.82, 2.24) is 5.32 Å². The van der Waals surface area contributed by atoms with Gasteiger partial charge in [0.2, 0.25) is 5.91 Å². The second-order valence-corrected chi connectivity index (χ2v) is 5.05. The third-order valence-corrected chi connectivity index (χ3v) is 3.99. The fraction of sp³-hybridized carbons (Fsp3) is 0.833. The zero-order valence-corrected chi connectivity index (χ0v) is 9.87. The highest BCUT2D eigenvalue weighted by molar-refractivity contribution is 5.86. The van der Waals surface area contributed by atoms with Gasteiger partial charge in [0.1, 0.15) is 5.41 Å². The molecule has 0 aromatic carbocycles. The lowest BCUT2D eigenvalue weighted by Crippen LogP contribution is -2.60. The zero-order valence-electron chi connectivity index (χ0n) is 9.87. The molecule has 2 N–H and O–H groups in total. The number of carbonyl (C=O) groups excluding carboxylic acids is 1. The molecule has 1 aliphatic heterocycles. The summed E-state index contributed by atoms with van der Waals surface area (Å²) in [6.07, 6.45) is 3.50. The van der Waals surface area contributed by atoms with Crippen LogP contribution in [-0.4, -0.2) is 36.4 Å². The minimum absolute atomic E-state index is 0.0449. The van der Waals surface area contributed by atoms with Gasteiger partial charge in [0.25, 0.3) is 0 Å². The first-order valence-electron chi connectivity index (χ1n) is 6.09. The summed E-state index contributed by atoms with van der Waals surface area (Å²) in [5.74, 6) is -0.239. The first-order chi connectivity index (χ1) is 8.16. The van der Waals surface area contributed by atoms with E-state index in [4.69, 9.17) is 4.74 Å². The van der Waals surface area contributed by atoms with Crippen LogP contribution in [0.25, 0.3) is 0 Å². The van der Waals surface area contributed by atoms with E-state index in [0.717, 1.165) is 19.3 Å². The molecule has 2 fully saturated rings. The molecule has 17 heavy (non-hydrogen) atoms. The third-order valence-electron chi connectivity index (χ3n) is 3.99. The molecular formula is C12H18N2O3. The quantitative estimate of drug-likeness (QED) is 0.742. The summed E-state index contributed by atoms with van der Waals surface area (Å²) in [6.45, 7) is 0.858. The number of nitrogens with zero attached hydrogens (tertiary/aromatic N) is 1. The molecule has 5 heteroatoms. The average molecular weight is 238 g/mol. The smallest absolute Gasteiger partial charge is 0.241 e. The van der Waals surface area contributed by atoms with Crippen LogP contribution in [0.3, 0.4) is 0 Å². The van der Waals surface area contributed by atoms with Crippen LogP contribution in [0.15, 0.2) is 0 Å². The Hall–Kier alpha value is -1.12. The van der Waals surface area contributed by atoms with Crippen LogP contribution >= 0.6 is 0 Å². The van der Waals surface area contributed by atoms with E-state index >= 15 is 0 Å². The summed E-state index contributed by atoms with van der Waals surface area (Å²) in [5.41, 5.74) is -1.44. The predicted molar refractivity (Wildman–Crippen MR) is 59.9 cm³/mol. The third kappa shape index (κ3) is 2.15. The molecule has 2 rings (SSSR count). The van der Waals surface area contributed by atoms with Crippen LogP contribution in [0.4, 0.5) is 0 Å². The van der Waals surface area contributed by atoms with Crippen LogP contribution < -0.4 is 5.32 Å². The Kier molecular flexibility index (Phi) is 3.36. The van der Waals surface area contributed by atoms with Crippen molar-refractivity contribution >= 4 is 5.91 Å². The molecule has 0 radical (unpaired) electrons. The molecule has 0 unspecified atom stereocenters. The summed E-state index contributed by atoms with van der Waals surface area (Å²) < 4.78 is 5.19. The highest BCUT2D eigenvalue weighted by Gasteiger charge is 2.46. The van der Waals surface area contributed by atoms with Gasteiger partial charge in [-0.25, -0.2) is 0 Å². The Morgan fingerprint density at radius 2 is 2.00 bits per heavy atom. The minimum Gasteiger partial charge on any atom is -0.394 e. The van der Waals surface area contributed by atoms with E-state index in [0.29, 0.717) is 26.1 Å². The van der Waals surface area contributed by atoms with Crippen LogP contribution in [0.2, 0.25) is 0 Å². The maximum absolute atomic E-state index is 12.2. The number of nitriles is 1. The van der Waals surface area contributed by atoms with Gasteiger partial charge in [0, 0.05) is 13.2 Å². The van der Waals surface area contributed by atoms with E-state index in [1.54, 1.807) is 0 Å². The van der Waals surface area contributed by atoms with E-state index in [2.05, 4.69) is 11.4 Å². The molecule has 94 valence electrons. The second kappa shape index (κ2) is 4.63. The van der Waals surface area contributed by atoms with Crippen molar-refractivity contribution in [1.29, 1.82) is 5.26 Å². The van der Waals surface area contributed by atoms with E-state index in [1.807, 2.05) is 0 Å². The number of carbonyl (C=O) groups is 1. The highest BCUT2D eigenvalue weighted by atomic mass is 16.5. The van der Waals surface area contributed by atoms with Gasteiger partial charge >= 0.3 is 0 Å². The molecule has 0 spiro atoms. The summed E-state index contributed by atoms with van der Waals surface area (Å²) in [4.78, 5) is 12.2.